The Balaban J connectivity index is 1.61. The molecular weight excluding hydrogens is 468 g/mol. The van der Waals surface area contributed by atoms with Crippen LogP contribution < -0.4 is 14.5 Å². The van der Waals surface area contributed by atoms with Gasteiger partial charge in [0.15, 0.2) is 11.5 Å². The number of anilines is 2. The van der Waals surface area contributed by atoms with Crippen molar-refractivity contribution in [1.29, 1.82) is 0 Å². The van der Waals surface area contributed by atoms with Crippen LogP contribution in [-0.4, -0.2) is 37.0 Å². The smallest absolute Gasteiger partial charge is 0.294 e. The molecule has 2 heterocycles. The number of furan rings is 1. The number of hydrogen-bond acceptors (Lipinski definition) is 6. The highest BCUT2D eigenvalue weighted by Gasteiger charge is 2.45. The van der Waals surface area contributed by atoms with Crippen LogP contribution in [0.4, 0.5) is 11.4 Å². The number of aliphatic hydroxyl groups excluding tert-OH is 1. The maximum Gasteiger partial charge on any atom is 0.294 e. The third-order valence-corrected chi connectivity index (χ3v) is 6.31. The van der Waals surface area contributed by atoms with Gasteiger partial charge in [0.2, 0.25) is 5.78 Å². The lowest BCUT2D eigenvalue weighted by Gasteiger charge is -2.27. The zero-order chi connectivity index (χ0) is 26.3. The molecule has 5 rings (SSSR count). The molecule has 1 amide bonds. The van der Waals surface area contributed by atoms with E-state index >= 15 is 0 Å². The minimum absolute atomic E-state index is 0.000202. The SMILES string of the molecule is CC(C)Oc1ccc(C2C(C(=O)c3cc4ccccc4o3)=C(O)C(=O)N2c2ccc(N(C)C)cc2)cc1. The number of benzene rings is 3. The molecule has 0 spiro atoms. The molecule has 188 valence electrons. The molecule has 0 aliphatic carbocycles. The van der Waals surface area contributed by atoms with E-state index in [4.69, 9.17) is 9.15 Å². The summed E-state index contributed by atoms with van der Waals surface area (Å²) in [5, 5.41) is 11.8. The van der Waals surface area contributed by atoms with Crippen molar-refractivity contribution in [3.8, 4) is 5.75 Å². The van der Waals surface area contributed by atoms with E-state index in [1.54, 1.807) is 48.5 Å². The molecule has 0 saturated carbocycles. The van der Waals surface area contributed by atoms with Gasteiger partial charge in [0, 0.05) is 30.9 Å². The monoisotopic (exact) mass is 496 g/mol. The van der Waals surface area contributed by atoms with E-state index < -0.39 is 23.5 Å². The maximum absolute atomic E-state index is 13.8. The highest BCUT2D eigenvalue weighted by molar-refractivity contribution is 6.20. The quantitative estimate of drug-likeness (QED) is 0.313. The van der Waals surface area contributed by atoms with Crippen LogP contribution in [0.25, 0.3) is 11.0 Å². The van der Waals surface area contributed by atoms with Gasteiger partial charge in [0.1, 0.15) is 11.3 Å². The zero-order valence-electron chi connectivity index (χ0n) is 21.1. The highest BCUT2D eigenvalue weighted by Crippen LogP contribution is 2.43. The van der Waals surface area contributed by atoms with Crippen LogP contribution in [-0.2, 0) is 4.79 Å². The summed E-state index contributed by atoms with van der Waals surface area (Å²) >= 11 is 0. The van der Waals surface area contributed by atoms with Crippen LogP contribution in [0, 0.1) is 0 Å². The van der Waals surface area contributed by atoms with Crippen molar-refractivity contribution >= 4 is 34.0 Å². The second kappa shape index (κ2) is 9.50. The minimum Gasteiger partial charge on any atom is -0.503 e. The van der Waals surface area contributed by atoms with Gasteiger partial charge in [0.25, 0.3) is 5.91 Å². The van der Waals surface area contributed by atoms with E-state index in [9.17, 15) is 14.7 Å². The zero-order valence-corrected chi connectivity index (χ0v) is 21.1. The Hall–Kier alpha value is -4.52. The first-order valence-electron chi connectivity index (χ1n) is 12.1. The number of ketones is 1. The summed E-state index contributed by atoms with van der Waals surface area (Å²) in [7, 11) is 3.86. The number of amides is 1. The number of fused-ring (bicyclic) bond motifs is 1. The first kappa shape index (κ1) is 24.2. The topological polar surface area (TPSA) is 83.2 Å². The standard InChI is InChI=1S/C30H28N2O5/c1-18(2)36-23-15-9-19(10-16-23)27-26(28(33)25-17-20-7-5-6-8-24(20)37-25)29(34)30(35)32(27)22-13-11-21(12-14-22)31(3)4/h5-18,27,34H,1-4H3. The molecule has 7 heteroatoms. The molecule has 1 aliphatic rings. The number of carbonyl (C=O) groups excluding carboxylic acids is 2. The predicted octanol–water partition coefficient (Wildman–Crippen LogP) is 6.07. The average molecular weight is 497 g/mol. The van der Waals surface area contributed by atoms with Gasteiger partial charge in [-0.1, -0.05) is 30.3 Å². The van der Waals surface area contributed by atoms with E-state index in [2.05, 4.69) is 0 Å². The van der Waals surface area contributed by atoms with E-state index in [1.165, 1.54) is 4.90 Å². The summed E-state index contributed by atoms with van der Waals surface area (Å²) in [6, 6.07) is 22.6. The number of para-hydroxylation sites is 1. The van der Waals surface area contributed by atoms with Gasteiger partial charge in [-0.3, -0.25) is 14.5 Å². The first-order valence-corrected chi connectivity index (χ1v) is 12.1. The minimum atomic E-state index is -0.855. The van der Waals surface area contributed by atoms with Crippen LogP contribution in [0.5, 0.6) is 5.75 Å². The summed E-state index contributed by atoms with van der Waals surface area (Å²) in [4.78, 5) is 30.6. The van der Waals surface area contributed by atoms with Gasteiger partial charge in [-0.2, -0.15) is 0 Å². The summed E-state index contributed by atoms with van der Waals surface area (Å²) in [5.41, 5.74) is 2.70. The molecular formula is C30H28N2O5. The largest absolute Gasteiger partial charge is 0.503 e. The van der Waals surface area contributed by atoms with Gasteiger partial charge >= 0.3 is 0 Å². The molecule has 0 bridgehead atoms. The van der Waals surface area contributed by atoms with E-state index in [0.717, 1.165) is 11.1 Å². The molecule has 7 nitrogen and oxygen atoms in total. The summed E-state index contributed by atoms with van der Waals surface area (Å²) in [6.07, 6.45) is -0.000202. The van der Waals surface area contributed by atoms with Crippen LogP contribution in [0.3, 0.4) is 0 Å². The number of ether oxygens (including phenoxy) is 1. The summed E-state index contributed by atoms with van der Waals surface area (Å²) in [6.45, 7) is 3.88. The second-order valence-electron chi connectivity index (χ2n) is 9.46. The fourth-order valence-electron chi connectivity index (χ4n) is 4.56. The average Bonchev–Trinajstić information content (AvgIpc) is 3.43. The molecule has 1 N–H and O–H groups in total. The Labute approximate surface area is 215 Å². The molecule has 3 aromatic carbocycles. The number of nitrogens with zero attached hydrogens (tertiary/aromatic N) is 2. The van der Waals surface area contributed by atoms with E-state index in [0.29, 0.717) is 22.6 Å². The van der Waals surface area contributed by atoms with Crippen molar-refractivity contribution in [2.75, 3.05) is 23.9 Å². The Morgan fingerprint density at radius 1 is 1.00 bits per heavy atom. The molecule has 1 aliphatic heterocycles. The molecule has 1 atom stereocenters. The molecule has 0 radical (unpaired) electrons. The summed E-state index contributed by atoms with van der Waals surface area (Å²) in [5.74, 6) is -1.05. The molecule has 1 unspecified atom stereocenters. The molecule has 37 heavy (non-hydrogen) atoms. The number of hydrogen-bond donors (Lipinski definition) is 1. The Morgan fingerprint density at radius 3 is 2.30 bits per heavy atom. The normalized spacial score (nSPS) is 15.6. The molecule has 0 fully saturated rings. The summed E-state index contributed by atoms with van der Waals surface area (Å²) < 4.78 is 11.6. The fourth-order valence-corrected chi connectivity index (χ4v) is 4.56. The van der Waals surface area contributed by atoms with Crippen LogP contribution >= 0.6 is 0 Å². The Morgan fingerprint density at radius 2 is 1.68 bits per heavy atom. The van der Waals surface area contributed by atoms with E-state index in [1.807, 2.05) is 63.2 Å². The molecule has 0 saturated heterocycles. The third kappa shape index (κ3) is 4.44. The number of aliphatic hydroxyl groups is 1. The Kier molecular flexibility index (Phi) is 6.21. The lowest BCUT2D eigenvalue weighted by atomic mass is 9.94. The second-order valence-corrected chi connectivity index (χ2v) is 9.46. The number of carbonyl (C=O) groups is 2. The van der Waals surface area contributed by atoms with Crippen molar-refractivity contribution in [2.24, 2.45) is 0 Å². The van der Waals surface area contributed by atoms with Crippen molar-refractivity contribution in [1.82, 2.24) is 0 Å². The lowest BCUT2D eigenvalue weighted by molar-refractivity contribution is -0.117. The van der Waals surface area contributed by atoms with Gasteiger partial charge in [-0.05, 0) is 67.9 Å². The van der Waals surface area contributed by atoms with E-state index in [-0.39, 0.29) is 17.4 Å². The molecule has 1 aromatic heterocycles. The Bertz CT molecular complexity index is 1460. The van der Waals surface area contributed by atoms with Crippen molar-refractivity contribution in [3.63, 3.8) is 0 Å². The maximum atomic E-state index is 13.8. The van der Waals surface area contributed by atoms with Crippen LogP contribution in [0.1, 0.15) is 36.0 Å². The van der Waals surface area contributed by atoms with Crippen LogP contribution in [0.2, 0.25) is 0 Å². The van der Waals surface area contributed by atoms with Gasteiger partial charge in [-0.15, -0.1) is 0 Å². The lowest BCUT2D eigenvalue weighted by Crippen LogP contribution is -2.31. The number of Topliss-reactive ketones (excluding diaryl/α,β-unsaturated/α-hetero) is 1. The van der Waals surface area contributed by atoms with Crippen molar-refractivity contribution in [3.05, 3.63) is 102 Å². The van der Waals surface area contributed by atoms with Crippen molar-refractivity contribution in [2.45, 2.75) is 26.0 Å². The van der Waals surface area contributed by atoms with Gasteiger partial charge in [0.05, 0.1) is 17.7 Å². The van der Waals surface area contributed by atoms with Crippen molar-refractivity contribution < 1.29 is 23.8 Å². The first-order chi connectivity index (χ1) is 17.7. The fraction of sp³-hybridized carbons (Fsp3) is 0.200. The molecule has 4 aromatic rings. The number of rotatable bonds is 7. The predicted molar refractivity (Wildman–Crippen MR) is 143 cm³/mol. The highest BCUT2D eigenvalue weighted by atomic mass is 16.5. The van der Waals surface area contributed by atoms with Crippen LogP contribution in [0.15, 0.2) is 94.6 Å². The third-order valence-electron chi connectivity index (χ3n) is 6.31. The van der Waals surface area contributed by atoms with Gasteiger partial charge in [-0.25, -0.2) is 0 Å². The van der Waals surface area contributed by atoms with Gasteiger partial charge < -0.3 is 19.2 Å².